The molecule has 9 heteroatoms. The SMILES string of the molecule is CC[C@H](C(=O)NC1CCCCC1)N(Cc1ccc(OC)cc1)C(=O)CN(c1cccc(C)c1)S(=O)(=O)c1ccccc1. The molecule has 42 heavy (non-hydrogen) atoms. The standard InChI is InChI=1S/C33H41N3O5S/c1-4-31(33(38)34-27-13-7-5-8-14-27)35(23-26-18-20-29(41-3)21-19-26)32(37)24-36(28-15-11-12-25(2)22-28)42(39,40)30-16-9-6-10-17-30/h6,9-12,15-22,27,31H,4-5,7-8,13-14,23-24H2,1-3H3,(H,34,38)/t31-/m1/s1. The van der Waals surface area contributed by atoms with Crippen molar-refractivity contribution in [2.75, 3.05) is 18.0 Å². The van der Waals surface area contributed by atoms with Crippen molar-refractivity contribution in [1.82, 2.24) is 10.2 Å². The summed E-state index contributed by atoms with van der Waals surface area (Å²) < 4.78 is 34.3. The van der Waals surface area contributed by atoms with Crippen molar-refractivity contribution in [3.63, 3.8) is 0 Å². The third-order valence-electron chi connectivity index (χ3n) is 7.75. The molecule has 1 N–H and O–H groups in total. The van der Waals surface area contributed by atoms with Crippen LogP contribution in [0.4, 0.5) is 5.69 Å². The van der Waals surface area contributed by atoms with E-state index in [0.29, 0.717) is 17.9 Å². The van der Waals surface area contributed by atoms with Crippen molar-refractivity contribution >= 4 is 27.5 Å². The first-order valence-electron chi connectivity index (χ1n) is 14.6. The van der Waals surface area contributed by atoms with Crippen LogP contribution in [0, 0.1) is 6.92 Å². The fourth-order valence-corrected chi connectivity index (χ4v) is 6.85. The highest BCUT2D eigenvalue weighted by atomic mass is 32.2. The van der Waals surface area contributed by atoms with Gasteiger partial charge in [-0.2, -0.15) is 0 Å². The number of benzene rings is 3. The second-order valence-electron chi connectivity index (χ2n) is 10.8. The number of amides is 2. The summed E-state index contributed by atoms with van der Waals surface area (Å²) in [7, 11) is -2.50. The summed E-state index contributed by atoms with van der Waals surface area (Å²) in [6.45, 7) is 3.44. The third kappa shape index (κ3) is 7.70. The van der Waals surface area contributed by atoms with E-state index >= 15 is 0 Å². The van der Waals surface area contributed by atoms with Gasteiger partial charge in [0.1, 0.15) is 18.3 Å². The van der Waals surface area contributed by atoms with Gasteiger partial charge in [-0.3, -0.25) is 13.9 Å². The van der Waals surface area contributed by atoms with Gasteiger partial charge < -0.3 is 15.0 Å². The van der Waals surface area contributed by atoms with Gasteiger partial charge in [0.25, 0.3) is 10.0 Å². The molecule has 0 aliphatic heterocycles. The molecule has 0 saturated heterocycles. The van der Waals surface area contributed by atoms with E-state index in [9.17, 15) is 18.0 Å². The Labute approximate surface area is 249 Å². The van der Waals surface area contributed by atoms with Gasteiger partial charge in [0, 0.05) is 12.6 Å². The molecule has 1 saturated carbocycles. The predicted octanol–water partition coefficient (Wildman–Crippen LogP) is 5.46. The lowest BCUT2D eigenvalue weighted by atomic mass is 9.95. The minimum absolute atomic E-state index is 0.0838. The van der Waals surface area contributed by atoms with Gasteiger partial charge in [-0.15, -0.1) is 0 Å². The normalized spacial score (nSPS) is 14.5. The number of nitrogens with zero attached hydrogens (tertiary/aromatic N) is 2. The van der Waals surface area contributed by atoms with Gasteiger partial charge in [-0.1, -0.05) is 68.7 Å². The van der Waals surface area contributed by atoms with Gasteiger partial charge in [0.15, 0.2) is 0 Å². The molecule has 0 aromatic heterocycles. The van der Waals surface area contributed by atoms with E-state index in [1.807, 2.05) is 32.0 Å². The number of ether oxygens (including phenoxy) is 1. The van der Waals surface area contributed by atoms with Crippen molar-refractivity contribution in [3.8, 4) is 5.75 Å². The van der Waals surface area contributed by atoms with Crippen LogP contribution in [-0.4, -0.2) is 50.9 Å². The molecule has 1 aliphatic rings. The molecule has 4 rings (SSSR count). The zero-order valence-corrected chi connectivity index (χ0v) is 25.5. The largest absolute Gasteiger partial charge is 0.497 e. The first kappa shape index (κ1) is 31.1. The molecule has 1 fully saturated rings. The maximum absolute atomic E-state index is 14.2. The molecule has 0 heterocycles. The Morgan fingerprint density at radius 2 is 1.64 bits per heavy atom. The van der Waals surface area contributed by atoms with Crippen LogP contribution in [0.3, 0.4) is 0 Å². The van der Waals surface area contributed by atoms with Crippen molar-refractivity contribution in [1.29, 1.82) is 0 Å². The van der Waals surface area contributed by atoms with Crippen LogP contribution in [0.5, 0.6) is 5.75 Å². The lowest BCUT2D eigenvalue weighted by Gasteiger charge is -2.34. The average Bonchev–Trinajstić information content (AvgIpc) is 3.00. The molecule has 3 aromatic rings. The van der Waals surface area contributed by atoms with Gasteiger partial charge in [-0.25, -0.2) is 8.42 Å². The zero-order valence-electron chi connectivity index (χ0n) is 24.7. The van der Waals surface area contributed by atoms with Gasteiger partial charge in [0.2, 0.25) is 11.8 Å². The number of aryl methyl sites for hydroxylation is 1. The van der Waals surface area contributed by atoms with E-state index in [2.05, 4.69) is 5.32 Å². The van der Waals surface area contributed by atoms with E-state index in [1.54, 1.807) is 55.6 Å². The number of rotatable bonds is 12. The fraction of sp³-hybridized carbons (Fsp3) is 0.394. The Balaban J connectivity index is 1.69. The highest BCUT2D eigenvalue weighted by molar-refractivity contribution is 7.92. The molecule has 8 nitrogen and oxygen atoms in total. The molecule has 0 radical (unpaired) electrons. The molecule has 2 amide bonds. The Bertz CT molecular complexity index is 1440. The van der Waals surface area contributed by atoms with Crippen LogP contribution < -0.4 is 14.4 Å². The van der Waals surface area contributed by atoms with Crippen molar-refractivity contribution < 1.29 is 22.7 Å². The first-order chi connectivity index (χ1) is 20.2. The summed E-state index contributed by atoms with van der Waals surface area (Å²) in [5.41, 5.74) is 2.05. The minimum atomic E-state index is -4.09. The molecular weight excluding hydrogens is 550 g/mol. The number of carbonyl (C=O) groups is 2. The topological polar surface area (TPSA) is 96.0 Å². The van der Waals surface area contributed by atoms with Crippen molar-refractivity contribution in [3.05, 3.63) is 90.0 Å². The number of sulfonamides is 1. The molecule has 1 atom stereocenters. The lowest BCUT2D eigenvalue weighted by Crippen LogP contribution is -2.54. The number of hydrogen-bond acceptors (Lipinski definition) is 5. The lowest BCUT2D eigenvalue weighted by molar-refractivity contribution is -0.140. The molecule has 224 valence electrons. The van der Waals surface area contributed by atoms with E-state index in [-0.39, 0.29) is 23.4 Å². The summed E-state index contributed by atoms with van der Waals surface area (Å²) in [4.78, 5) is 29.5. The molecule has 0 spiro atoms. The maximum Gasteiger partial charge on any atom is 0.264 e. The van der Waals surface area contributed by atoms with Gasteiger partial charge in [-0.05, 0) is 73.7 Å². The van der Waals surface area contributed by atoms with Gasteiger partial charge in [0.05, 0.1) is 17.7 Å². The summed E-state index contributed by atoms with van der Waals surface area (Å²) >= 11 is 0. The van der Waals surface area contributed by atoms with Crippen LogP contribution in [0.2, 0.25) is 0 Å². The molecule has 0 unspecified atom stereocenters. The van der Waals surface area contributed by atoms with Gasteiger partial charge >= 0.3 is 0 Å². The van der Waals surface area contributed by atoms with E-state index in [1.165, 1.54) is 17.0 Å². The van der Waals surface area contributed by atoms with E-state index in [0.717, 1.165) is 47.5 Å². The summed E-state index contributed by atoms with van der Waals surface area (Å²) in [5, 5.41) is 3.17. The summed E-state index contributed by atoms with van der Waals surface area (Å²) in [6, 6.07) is 21.8. The highest BCUT2D eigenvalue weighted by Crippen LogP contribution is 2.26. The van der Waals surface area contributed by atoms with Crippen molar-refractivity contribution in [2.24, 2.45) is 0 Å². The zero-order chi connectivity index (χ0) is 30.1. The second-order valence-corrected chi connectivity index (χ2v) is 12.7. The first-order valence-corrected chi connectivity index (χ1v) is 16.0. The molecule has 3 aromatic carbocycles. The molecule has 1 aliphatic carbocycles. The second kappa shape index (κ2) is 14.4. The molecular formula is C33H41N3O5S. The molecule has 0 bridgehead atoms. The summed E-state index contributed by atoms with van der Waals surface area (Å²) in [5.74, 6) is 0.00930. The van der Waals surface area contributed by atoms with Crippen molar-refractivity contribution in [2.45, 2.75) is 75.9 Å². The number of anilines is 1. The monoisotopic (exact) mass is 591 g/mol. The fourth-order valence-electron chi connectivity index (χ4n) is 5.42. The quantitative estimate of drug-likeness (QED) is 0.302. The smallest absolute Gasteiger partial charge is 0.264 e. The number of hydrogen-bond donors (Lipinski definition) is 1. The maximum atomic E-state index is 14.2. The predicted molar refractivity (Wildman–Crippen MR) is 165 cm³/mol. The summed E-state index contributed by atoms with van der Waals surface area (Å²) in [6.07, 6.45) is 5.53. The number of nitrogens with one attached hydrogen (secondary N) is 1. The third-order valence-corrected chi connectivity index (χ3v) is 9.54. The van der Waals surface area contributed by atoms with E-state index < -0.39 is 28.5 Å². The van der Waals surface area contributed by atoms with Crippen LogP contribution in [0.25, 0.3) is 0 Å². The van der Waals surface area contributed by atoms with Crippen LogP contribution in [0.15, 0.2) is 83.8 Å². The van der Waals surface area contributed by atoms with Crippen LogP contribution in [0.1, 0.15) is 56.6 Å². The Kier molecular flexibility index (Phi) is 10.6. The van der Waals surface area contributed by atoms with E-state index in [4.69, 9.17) is 4.74 Å². The number of methoxy groups -OCH3 is 1. The minimum Gasteiger partial charge on any atom is -0.497 e. The van der Waals surface area contributed by atoms with Crippen LogP contribution >= 0.6 is 0 Å². The highest BCUT2D eigenvalue weighted by Gasteiger charge is 2.34. The Morgan fingerprint density at radius 1 is 0.952 bits per heavy atom. The average molecular weight is 592 g/mol. The Morgan fingerprint density at radius 3 is 2.26 bits per heavy atom. The van der Waals surface area contributed by atoms with Crippen LogP contribution in [-0.2, 0) is 26.2 Å². The Hall–Kier alpha value is -3.85. The number of carbonyl (C=O) groups excluding carboxylic acids is 2.